The number of hydrogen-bond acceptors (Lipinski definition) is 2. The highest BCUT2D eigenvalue weighted by molar-refractivity contribution is 5.95. The first-order chi connectivity index (χ1) is 5.16. The lowest BCUT2D eigenvalue weighted by molar-refractivity contribution is 0.804. The monoisotopic (exact) mass is 194 g/mol. The standard InChI is InChI=1S/C6H15N5.ClH/c1-2-3-4-10-6(9)11-5(7)8;/h2-4H2,1H3,(H6,7,8,9,10,11);1H/p+1. The Labute approximate surface area is 80.0 Å². The van der Waals surface area contributed by atoms with Crippen molar-refractivity contribution >= 4 is 24.3 Å². The first-order valence-corrected chi connectivity index (χ1v) is 3.57. The minimum Gasteiger partial charge on any atom is -0.370 e. The third-order valence-electron chi connectivity index (χ3n) is 1.06. The Morgan fingerprint density at radius 3 is 2.58 bits per heavy atom. The molecule has 0 saturated carbocycles. The fourth-order valence-corrected chi connectivity index (χ4v) is 0.535. The van der Waals surface area contributed by atoms with E-state index < -0.39 is 0 Å². The second-order valence-corrected chi connectivity index (χ2v) is 2.16. The minimum absolute atomic E-state index is 0. The summed E-state index contributed by atoms with van der Waals surface area (Å²) in [6, 6.07) is 0. The van der Waals surface area contributed by atoms with Crippen LogP contribution in [0.4, 0.5) is 0 Å². The van der Waals surface area contributed by atoms with Crippen LogP contribution >= 0.6 is 12.4 Å². The summed E-state index contributed by atoms with van der Waals surface area (Å²) in [6.45, 7) is 2.76. The van der Waals surface area contributed by atoms with E-state index >= 15 is 0 Å². The van der Waals surface area contributed by atoms with Crippen LogP contribution in [0.3, 0.4) is 0 Å². The van der Waals surface area contributed by atoms with E-state index in [1.165, 1.54) is 0 Å². The molecule has 0 aromatic heterocycles. The Morgan fingerprint density at radius 2 is 2.17 bits per heavy atom. The lowest BCUT2D eigenvalue weighted by atomic mass is 10.3. The first-order valence-electron chi connectivity index (χ1n) is 3.57. The first kappa shape index (κ1) is 13.6. The molecule has 5 nitrogen and oxygen atoms in total. The molecule has 0 amide bonds. The van der Waals surface area contributed by atoms with Crippen molar-refractivity contribution in [3.63, 3.8) is 0 Å². The zero-order valence-corrected chi connectivity index (χ0v) is 7.95. The van der Waals surface area contributed by atoms with Gasteiger partial charge in [0.15, 0.2) is 11.9 Å². The summed E-state index contributed by atoms with van der Waals surface area (Å²) in [5, 5.41) is 9.20. The van der Waals surface area contributed by atoms with Crippen LogP contribution in [0, 0.1) is 5.41 Å². The zero-order chi connectivity index (χ0) is 8.69. The van der Waals surface area contributed by atoms with Gasteiger partial charge in [-0.25, -0.2) is 0 Å². The van der Waals surface area contributed by atoms with Crippen molar-refractivity contribution < 1.29 is 1.43 Å². The van der Waals surface area contributed by atoms with E-state index in [1.54, 1.807) is 0 Å². The van der Waals surface area contributed by atoms with Crippen LogP contribution < -0.4 is 16.8 Å². The topological polar surface area (TPSA) is 100 Å². The lowest BCUT2D eigenvalue weighted by Gasteiger charge is -2.00. The van der Waals surface area contributed by atoms with Crippen molar-refractivity contribution in [1.82, 2.24) is 5.32 Å². The average molecular weight is 195 g/mol. The number of aliphatic imine (C=N–C) groups is 1. The van der Waals surface area contributed by atoms with Gasteiger partial charge in [-0.05, 0) is 6.42 Å². The highest BCUT2D eigenvalue weighted by Crippen LogP contribution is 1.85. The fraction of sp³-hybridized carbons (Fsp3) is 0.667. The maximum atomic E-state index is 6.81. The quantitative estimate of drug-likeness (QED) is 0.292. The van der Waals surface area contributed by atoms with E-state index in [1.807, 2.05) is 0 Å². The van der Waals surface area contributed by atoms with Gasteiger partial charge >= 0.3 is 1.43 Å². The van der Waals surface area contributed by atoms with Crippen LogP contribution in [0.25, 0.3) is 0 Å². The van der Waals surface area contributed by atoms with Gasteiger partial charge in [-0.3, -0.25) is 15.7 Å². The van der Waals surface area contributed by atoms with E-state index in [9.17, 15) is 0 Å². The van der Waals surface area contributed by atoms with Gasteiger partial charge < -0.3 is 11.5 Å². The van der Waals surface area contributed by atoms with Crippen molar-refractivity contribution in [2.45, 2.75) is 19.8 Å². The van der Waals surface area contributed by atoms with Gasteiger partial charge in [-0.1, -0.05) is 13.3 Å². The summed E-state index contributed by atoms with van der Waals surface area (Å²) in [6.07, 6.45) is 2.08. The summed E-state index contributed by atoms with van der Waals surface area (Å²) in [5.41, 5.74) is 10.3. The molecule has 0 rings (SSSR count). The molecule has 0 aliphatic carbocycles. The number of hydrogen-bond donors (Lipinski definition) is 4. The molecule has 12 heavy (non-hydrogen) atoms. The van der Waals surface area contributed by atoms with Crippen molar-refractivity contribution in [3.8, 4) is 0 Å². The lowest BCUT2D eigenvalue weighted by Crippen LogP contribution is -2.40. The molecule has 6 heteroatoms. The number of unbranched alkanes of at least 4 members (excludes halogenated alkanes) is 1. The predicted molar refractivity (Wildman–Crippen MR) is 54.8 cm³/mol. The second kappa shape index (κ2) is 8.13. The van der Waals surface area contributed by atoms with Crippen LogP contribution in [-0.4, -0.2) is 18.5 Å². The van der Waals surface area contributed by atoms with Crippen molar-refractivity contribution in [2.75, 3.05) is 6.54 Å². The molecule has 0 fully saturated rings. The molecule has 0 spiro atoms. The van der Waals surface area contributed by atoms with Crippen LogP contribution in [0.2, 0.25) is 0 Å². The number of halogens is 1. The molecule has 0 aromatic carbocycles. The Balaban J connectivity index is -0.000000500. The third-order valence-corrected chi connectivity index (χ3v) is 1.06. The molecule has 0 bridgehead atoms. The molecule has 6 N–H and O–H groups in total. The third kappa shape index (κ3) is 9.03. The van der Waals surface area contributed by atoms with Gasteiger partial charge in [0.1, 0.15) is 0 Å². The largest absolute Gasteiger partial charge is 1.00 e. The number of nitrogens with zero attached hydrogens (tertiary/aromatic N) is 1. The second-order valence-electron chi connectivity index (χ2n) is 2.16. The van der Waals surface area contributed by atoms with Crippen molar-refractivity contribution in [3.05, 3.63) is 0 Å². The number of nitrogens with one attached hydrogen (secondary N) is 2. The van der Waals surface area contributed by atoms with Gasteiger partial charge in [0.25, 0.3) is 0 Å². The molecule has 0 aliphatic heterocycles. The average Bonchev–Trinajstić information content (AvgIpc) is 1.86. The van der Waals surface area contributed by atoms with E-state index in [0.29, 0.717) is 6.54 Å². The van der Waals surface area contributed by atoms with E-state index in [-0.39, 0.29) is 25.8 Å². The van der Waals surface area contributed by atoms with E-state index in [4.69, 9.17) is 16.9 Å². The Kier molecular flexibility index (Phi) is 9.22. The minimum atomic E-state index is -0.178. The Morgan fingerprint density at radius 1 is 1.58 bits per heavy atom. The Bertz CT molecular complexity index is 161. The highest BCUT2D eigenvalue weighted by Gasteiger charge is 1.90. The molecule has 0 heterocycles. The van der Waals surface area contributed by atoms with Gasteiger partial charge in [0.05, 0.1) is 0 Å². The summed E-state index contributed by atoms with van der Waals surface area (Å²) in [5.74, 6) is 0.0358. The maximum Gasteiger partial charge on any atom is 1.00 e. The van der Waals surface area contributed by atoms with Gasteiger partial charge in [-0.2, -0.15) is 0 Å². The Hall–Kier alpha value is -0.970. The van der Waals surface area contributed by atoms with Gasteiger partial charge in [-0.15, -0.1) is 12.4 Å². The molecule has 0 atom stereocenters. The van der Waals surface area contributed by atoms with Crippen molar-refractivity contribution in [1.29, 1.82) is 5.41 Å². The number of rotatable bonds is 3. The maximum absolute atomic E-state index is 6.81. The molecule has 0 radical (unpaired) electrons. The zero-order valence-electron chi connectivity index (χ0n) is 8.13. The van der Waals surface area contributed by atoms with Gasteiger partial charge in [0, 0.05) is 6.54 Å². The summed E-state index contributed by atoms with van der Waals surface area (Å²) < 4.78 is 0. The van der Waals surface area contributed by atoms with E-state index in [2.05, 4.69) is 17.2 Å². The molecular weight excluding hydrogens is 178 g/mol. The molecule has 0 aliphatic rings. The summed E-state index contributed by atoms with van der Waals surface area (Å²) in [7, 11) is 0. The normalized spacial score (nSPS) is 10.2. The summed E-state index contributed by atoms with van der Waals surface area (Å²) in [4.78, 5) is 3.92. The number of guanidine groups is 2. The van der Waals surface area contributed by atoms with Crippen LogP contribution in [0.15, 0.2) is 4.99 Å². The molecule has 0 aromatic rings. The smallest absolute Gasteiger partial charge is 0.370 e. The van der Waals surface area contributed by atoms with Gasteiger partial charge in [0.2, 0.25) is 0 Å². The van der Waals surface area contributed by atoms with Crippen molar-refractivity contribution in [2.24, 2.45) is 16.5 Å². The summed E-state index contributed by atoms with van der Waals surface area (Å²) >= 11 is 0. The SMILES string of the molecule is CCCCN=C(N)NC(=N)N.Cl.[H+]. The molecule has 0 saturated heterocycles. The van der Waals surface area contributed by atoms with E-state index in [0.717, 1.165) is 12.8 Å². The van der Waals surface area contributed by atoms with Crippen LogP contribution in [0.5, 0.6) is 0 Å². The van der Waals surface area contributed by atoms with Crippen LogP contribution in [0.1, 0.15) is 21.2 Å². The molecule has 0 unspecified atom stereocenters. The molecular formula is C6H17ClN5+. The fourth-order valence-electron chi connectivity index (χ4n) is 0.535. The predicted octanol–water partition coefficient (Wildman–Crippen LogP) is 0.119. The van der Waals surface area contributed by atoms with Crippen LogP contribution in [-0.2, 0) is 0 Å². The highest BCUT2D eigenvalue weighted by atomic mass is 35.5. The molecule has 72 valence electrons. The number of nitrogens with two attached hydrogens (primary N) is 2.